The van der Waals surface area contributed by atoms with Crippen LogP contribution in [0.4, 0.5) is 10.5 Å². The second kappa shape index (κ2) is 6.70. The Morgan fingerprint density at radius 2 is 1.91 bits per heavy atom. The molecule has 1 aromatic rings. The fourth-order valence-corrected chi connectivity index (χ4v) is 1.97. The number of benzene rings is 1. The van der Waals surface area contributed by atoms with Crippen molar-refractivity contribution in [2.75, 3.05) is 25.0 Å². The van der Waals surface area contributed by atoms with Crippen LogP contribution in [0.5, 0.6) is 0 Å². The molecule has 1 aliphatic heterocycles. The van der Waals surface area contributed by atoms with Gasteiger partial charge in [0.1, 0.15) is 0 Å². The zero-order valence-electron chi connectivity index (χ0n) is 12.0. The van der Waals surface area contributed by atoms with Crippen LogP contribution in [0.1, 0.15) is 17.3 Å². The number of imide groups is 1. The molecule has 0 saturated carbocycles. The van der Waals surface area contributed by atoms with E-state index in [4.69, 9.17) is 0 Å². The molecule has 0 atom stereocenters. The highest BCUT2D eigenvalue weighted by Gasteiger charge is 2.27. The van der Waals surface area contributed by atoms with Gasteiger partial charge in [-0.25, -0.2) is 4.79 Å². The largest absolute Gasteiger partial charge is 0.350 e. The number of urea groups is 1. The molecule has 0 radical (unpaired) electrons. The Balaban J connectivity index is 1.83. The van der Waals surface area contributed by atoms with Crippen LogP contribution in [-0.4, -0.2) is 48.3 Å². The minimum absolute atomic E-state index is 0.00259. The van der Waals surface area contributed by atoms with Gasteiger partial charge in [0.05, 0.1) is 6.54 Å². The molecule has 1 heterocycles. The Labute approximate surface area is 126 Å². The number of amides is 5. The second-order valence-electron chi connectivity index (χ2n) is 4.72. The lowest BCUT2D eigenvalue weighted by Crippen LogP contribution is -2.38. The van der Waals surface area contributed by atoms with Gasteiger partial charge in [0.25, 0.3) is 5.91 Å². The van der Waals surface area contributed by atoms with Crippen LogP contribution < -0.4 is 16.0 Å². The number of anilines is 1. The fraction of sp³-hybridized carbons (Fsp3) is 0.286. The average Bonchev–Trinajstić information content (AvgIpc) is 2.79. The van der Waals surface area contributed by atoms with Crippen molar-refractivity contribution in [1.29, 1.82) is 0 Å². The number of hydrogen-bond donors (Lipinski definition) is 3. The Morgan fingerprint density at radius 1 is 1.23 bits per heavy atom. The highest BCUT2D eigenvalue weighted by molar-refractivity contribution is 6.02. The molecule has 8 nitrogen and oxygen atoms in total. The molecular weight excluding hydrogens is 288 g/mol. The maximum Gasteiger partial charge on any atom is 0.324 e. The van der Waals surface area contributed by atoms with Crippen LogP contribution in [0.3, 0.4) is 0 Å². The lowest BCUT2D eigenvalue weighted by atomic mass is 10.2. The predicted molar refractivity (Wildman–Crippen MR) is 78.2 cm³/mol. The fourth-order valence-electron chi connectivity index (χ4n) is 1.97. The number of carbonyl (C=O) groups is 4. The maximum absolute atomic E-state index is 11.9. The summed E-state index contributed by atoms with van der Waals surface area (Å²) in [6.07, 6.45) is 0. The first-order valence-corrected chi connectivity index (χ1v) is 6.71. The predicted octanol–water partition coefficient (Wildman–Crippen LogP) is -0.0734. The maximum atomic E-state index is 11.9. The quantitative estimate of drug-likeness (QED) is 0.662. The van der Waals surface area contributed by atoms with Crippen molar-refractivity contribution in [2.45, 2.75) is 6.92 Å². The van der Waals surface area contributed by atoms with E-state index in [1.165, 1.54) is 6.92 Å². The lowest BCUT2D eigenvalue weighted by molar-refractivity contribution is -0.125. The first-order valence-electron chi connectivity index (χ1n) is 6.71. The third-order valence-corrected chi connectivity index (χ3v) is 3.03. The van der Waals surface area contributed by atoms with Gasteiger partial charge in [0.2, 0.25) is 11.8 Å². The van der Waals surface area contributed by atoms with Crippen LogP contribution in [0.15, 0.2) is 24.3 Å². The van der Waals surface area contributed by atoms with Gasteiger partial charge in [0.15, 0.2) is 0 Å². The second-order valence-corrected chi connectivity index (χ2v) is 4.72. The molecule has 22 heavy (non-hydrogen) atoms. The standard InChI is InChI=1S/C14H16N4O4/c1-9(19)17-11-4-2-10(3-5-11)13(21)15-6-7-18-12(20)8-16-14(18)22/h2-5H,6-8H2,1H3,(H,15,21)(H,16,22)(H,17,19). The molecule has 0 spiro atoms. The zero-order valence-corrected chi connectivity index (χ0v) is 12.0. The van der Waals surface area contributed by atoms with E-state index in [1.54, 1.807) is 24.3 Å². The third-order valence-electron chi connectivity index (χ3n) is 3.03. The zero-order chi connectivity index (χ0) is 16.1. The van der Waals surface area contributed by atoms with Crippen LogP contribution in [-0.2, 0) is 9.59 Å². The molecule has 0 unspecified atom stereocenters. The number of carbonyl (C=O) groups excluding carboxylic acids is 4. The third kappa shape index (κ3) is 3.81. The molecule has 0 bridgehead atoms. The van der Waals surface area contributed by atoms with Crippen molar-refractivity contribution >= 4 is 29.4 Å². The highest BCUT2D eigenvalue weighted by Crippen LogP contribution is 2.09. The first-order chi connectivity index (χ1) is 10.5. The molecule has 8 heteroatoms. The van der Waals surface area contributed by atoms with Gasteiger partial charge in [-0.1, -0.05) is 0 Å². The summed E-state index contributed by atoms with van der Waals surface area (Å²) in [7, 11) is 0. The molecule has 1 saturated heterocycles. The Morgan fingerprint density at radius 3 is 2.45 bits per heavy atom. The lowest BCUT2D eigenvalue weighted by Gasteiger charge is -2.12. The van der Waals surface area contributed by atoms with E-state index in [9.17, 15) is 19.2 Å². The summed E-state index contributed by atoms with van der Waals surface area (Å²) >= 11 is 0. The van der Waals surface area contributed by atoms with Crippen LogP contribution in [0, 0.1) is 0 Å². The molecular formula is C14H16N4O4. The van der Waals surface area contributed by atoms with Crippen molar-refractivity contribution in [3.8, 4) is 0 Å². The molecule has 1 fully saturated rings. The Kier molecular flexibility index (Phi) is 4.72. The van der Waals surface area contributed by atoms with Crippen molar-refractivity contribution < 1.29 is 19.2 Å². The van der Waals surface area contributed by atoms with E-state index in [2.05, 4.69) is 16.0 Å². The van der Waals surface area contributed by atoms with Gasteiger partial charge in [-0.05, 0) is 24.3 Å². The molecule has 3 N–H and O–H groups in total. The summed E-state index contributed by atoms with van der Waals surface area (Å²) in [5.74, 6) is -0.814. The van der Waals surface area contributed by atoms with Crippen LogP contribution in [0.2, 0.25) is 0 Å². The molecule has 0 aromatic heterocycles. The Hall–Kier alpha value is -2.90. The SMILES string of the molecule is CC(=O)Nc1ccc(C(=O)NCCN2C(=O)CNC2=O)cc1. The first kappa shape index (κ1) is 15.5. The van der Waals surface area contributed by atoms with E-state index >= 15 is 0 Å². The number of rotatable bonds is 5. The van der Waals surface area contributed by atoms with E-state index in [1.807, 2.05) is 0 Å². The number of nitrogens with one attached hydrogen (secondary N) is 3. The monoisotopic (exact) mass is 304 g/mol. The van der Waals surface area contributed by atoms with Gasteiger partial charge < -0.3 is 16.0 Å². The molecule has 0 aliphatic carbocycles. The summed E-state index contributed by atoms with van der Waals surface area (Å²) in [6, 6.07) is 5.95. The minimum Gasteiger partial charge on any atom is -0.350 e. The van der Waals surface area contributed by atoms with E-state index in [-0.39, 0.29) is 37.4 Å². The van der Waals surface area contributed by atoms with E-state index in [0.29, 0.717) is 11.3 Å². The highest BCUT2D eigenvalue weighted by atomic mass is 16.2. The van der Waals surface area contributed by atoms with E-state index in [0.717, 1.165) is 4.90 Å². The summed E-state index contributed by atoms with van der Waals surface area (Å²) in [4.78, 5) is 46.5. The molecule has 1 aliphatic rings. The van der Waals surface area contributed by atoms with Crippen molar-refractivity contribution in [1.82, 2.24) is 15.5 Å². The van der Waals surface area contributed by atoms with Gasteiger partial charge in [-0.3, -0.25) is 19.3 Å². The number of nitrogens with zero attached hydrogens (tertiary/aromatic N) is 1. The average molecular weight is 304 g/mol. The number of hydrogen-bond acceptors (Lipinski definition) is 4. The molecule has 116 valence electrons. The summed E-state index contributed by atoms with van der Waals surface area (Å²) in [5.41, 5.74) is 1.02. The van der Waals surface area contributed by atoms with Gasteiger partial charge in [-0.15, -0.1) is 0 Å². The summed E-state index contributed by atoms with van der Waals surface area (Å²) in [6.45, 7) is 1.69. The van der Waals surface area contributed by atoms with Gasteiger partial charge >= 0.3 is 6.03 Å². The summed E-state index contributed by atoms with van der Waals surface area (Å²) in [5, 5.41) is 7.63. The van der Waals surface area contributed by atoms with Crippen molar-refractivity contribution in [3.05, 3.63) is 29.8 Å². The Bertz CT molecular complexity index is 596. The van der Waals surface area contributed by atoms with Crippen LogP contribution >= 0.6 is 0 Å². The van der Waals surface area contributed by atoms with E-state index < -0.39 is 6.03 Å². The topological polar surface area (TPSA) is 108 Å². The smallest absolute Gasteiger partial charge is 0.324 e. The summed E-state index contributed by atoms with van der Waals surface area (Å²) < 4.78 is 0. The van der Waals surface area contributed by atoms with Gasteiger partial charge in [-0.2, -0.15) is 0 Å². The minimum atomic E-state index is -0.445. The molecule has 2 rings (SSSR count). The van der Waals surface area contributed by atoms with Crippen LogP contribution in [0.25, 0.3) is 0 Å². The molecule has 5 amide bonds. The normalized spacial score (nSPS) is 13.8. The van der Waals surface area contributed by atoms with Crippen molar-refractivity contribution in [3.63, 3.8) is 0 Å². The van der Waals surface area contributed by atoms with Gasteiger partial charge in [0, 0.05) is 31.3 Å². The molecule has 1 aromatic carbocycles. The van der Waals surface area contributed by atoms with Crippen molar-refractivity contribution in [2.24, 2.45) is 0 Å².